The van der Waals surface area contributed by atoms with E-state index < -0.39 is 11.4 Å². The van der Waals surface area contributed by atoms with E-state index in [1.165, 1.54) is 4.90 Å². The Labute approximate surface area is 141 Å². The summed E-state index contributed by atoms with van der Waals surface area (Å²) in [6.45, 7) is 0. The number of likely N-dealkylation sites (N-methyl/N-ethyl adjacent to an activating group) is 1. The molecule has 6 nitrogen and oxygen atoms in total. The van der Waals surface area contributed by atoms with E-state index in [2.05, 4.69) is 5.32 Å². The number of rotatable bonds is 0. The summed E-state index contributed by atoms with van der Waals surface area (Å²) in [7, 11) is 1.63. The minimum atomic E-state index is -1.53. The maximum atomic E-state index is 13.2. The van der Waals surface area contributed by atoms with Gasteiger partial charge >= 0.3 is 0 Å². The maximum absolute atomic E-state index is 13.2. The Kier molecular flexibility index (Phi) is 2.44. The Balaban J connectivity index is 1.96. The number of anilines is 1. The van der Waals surface area contributed by atoms with Crippen LogP contribution in [0.5, 0.6) is 0 Å². The Morgan fingerprint density at radius 3 is 2.56 bits per heavy atom. The van der Waals surface area contributed by atoms with Crippen molar-refractivity contribution < 1.29 is 14.0 Å². The van der Waals surface area contributed by atoms with Crippen LogP contribution < -0.4 is 15.6 Å². The summed E-state index contributed by atoms with van der Waals surface area (Å²) in [5.74, 6) is -1.03. The first-order chi connectivity index (χ1) is 12.1. The van der Waals surface area contributed by atoms with Crippen LogP contribution >= 0.6 is 0 Å². The largest absolute Gasteiger partial charge is 0.450 e. The quantitative estimate of drug-likeness (QED) is 0.680. The average Bonchev–Trinajstić information content (AvgIpc) is 3.04. The molecule has 0 saturated carbocycles. The number of hydrogen-bond acceptors (Lipinski definition) is 4. The van der Waals surface area contributed by atoms with Gasteiger partial charge in [-0.1, -0.05) is 30.3 Å². The van der Waals surface area contributed by atoms with Gasteiger partial charge in [0.05, 0.1) is 10.9 Å². The zero-order valence-corrected chi connectivity index (χ0v) is 13.2. The molecule has 1 spiro atoms. The van der Waals surface area contributed by atoms with E-state index in [1.807, 2.05) is 6.07 Å². The molecule has 122 valence electrons. The molecule has 2 aliphatic rings. The van der Waals surface area contributed by atoms with Crippen molar-refractivity contribution in [2.75, 3.05) is 11.9 Å². The first-order valence-corrected chi connectivity index (χ1v) is 7.82. The van der Waals surface area contributed by atoms with Crippen molar-refractivity contribution in [3.8, 4) is 0 Å². The molecule has 1 N–H and O–H groups in total. The topological polar surface area (TPSA) is 79.6 Å². The van der Waals surface area contributed by atoms with Gasteiger partial charge in [0.25, 0.3) is 11.8 Å². The Hall–Kier alpha value is -3.41. The first kappa shape index (κ1) is 14.0. The van der Waals surface area contributed by atoms with Gasteiger partial charge in [-0.25, -0.2) is 0 Å². The van der Waals surface area contributed by atoms with Gasteiger partial charge in [0.2, 0.25) is 5.76 Å². The van der Waals surface area contributed by atoms with Crippen molar-refractivity contribution in [3.63, 3.8) is 0 Å². The highest BCUT2D eigenvalue weighted by Gasteiger charge is 2.59. The van der Waals surface area contributed by atoms with Crippen molar-refractivity contribution in [1.29, 1.82) is 0 Å². The minimum Gasteiger partial charge on any atom is -0.450 e. The molecule has 25 heavy (non-hydrogen) atoms. The number of para-hydroxylation sites is 2. The number of carbonyl (C=O) groups excluding carboxylic acids is 2. The molecule has 3 heterocycles. The van der Waals surface area contributed by atoms with Crippen LogP contribution in [0.1, 0.15) is 21.7 Å². The summed E-state index contributed by atoms with van der Waals surface area (Å²) in [6, 6.07) is 13.8. The monoisotopic (exact) mass is 332 g/mol. The van der Waals surface area contributed by atoms with Crippen LogP contribution in [0.25, 0.3) is 11.0 Å². The standard InChI is InChI=1S/C19H12N2O4/c1-21-12-8-4-3-7-11(12)19(18(21)24)14-15(22)10-6-2-5-9-13(10)25-16(14)17(23)20-19/h2-9H,1H3,(H,20,23). The fourth-order valence-electron chi connectivity index (χ4n) is 3.85. The van der Waals surface area contributed by atoms with Gasteiger partial charge in [0.1, 0.15) is 5.58 Å². The molecule has 2 amide bonds. The molecule has 3 aromatic rings. The van der Waals surface area contributed by atoms with Gasteiger partial charge in [-0.15, -0.1) is 0 Å². The van der Waals surface area contributed by atoms with Gasteiger partial charge in [-0.05, 0) is 18.2 Å². The lowest BCUT2D eigenvalue weighted by Crippen LogP contribution is -2.50. The fraction of sp³-hybridized carbons (Fsp3) is 0.105. The number of carbonyl (C=O) groups is 2. The maximum Gasteiger partial charge on any atom is 0.288 e. The van der Waals surface area contributed by atoms with E-state index in [0.717, 1.165) is 0 Å². The number of benzene rings is 2. The summed E-state index contributed by atoms with van der Waals surface area (Å²) in [4.78, 5) is 40.3. The van der Waals surface area contributed by atoms with Crippen molar-refractivity contribution in [2.24, 2.45) is 0 Å². The number of nitrogens with one attached hydrogen (secondary N) is 1. The van der Waals surface area contributed by atoms with E-state index >= 15 is 0 Å². The zero-order valence-electron chi connectivity index (χ0n) is 13.2. The predicted molar refractivity (Wildman–Crippen MR) is 90.6 cm³/mol. The highest BCUT2D eigenvalue weighted by molar-refractivity contribution is 6.16. The molecule has 2 aromatic carbocycles. The number of amides is 2. The number of nitrogens with zero attached hydrogens (tertiary/aromatic N) is 1. The van der Waals surface area contributed by atoms with Crippen LogP contribution in [0.3, 0.4) is 0 Å². The lowest BCUT2D eigenvalue weighted by molar-refractivity contribution is -0.122. The summed E-state index contributed by atoms with van der Waals surface area (Å²) in [5.41, 5.74) is -0.259. The van der Waals surface area contributed by atoms with Crippen LogP contribution in [0.2, 0.25) is 0 Å². The second-order valence-electron chi connectivity index (χ2n) is 6.22. The molecule has 0 saturated heterocycles. The molecule has 0 aliphatic carbocycles. The highest BCUT2D eigenvalue weighted by atomic mass is 16.3. The Morgan fingerprint density at radius 2 is 1.72 bits per heavy atom. The van der Waals surface area contributed by atoms with Gasteiger partial charge in [-0.3, -0.25) is 14.4 Å². The molecule has 1 atom stereocenters. The molecule has 1 unspecified atom stereocenters. The van der Waals surface area contributed by atoms with E-state index in [1.54, 1.807) is 49.5 Å². The van der Waals surface area contributed by atoms with Gasteiger partial charge < -0.3 is 14.6 Å². The summed E-state index contributed by atoms with van der Waals surface area (Å²) in [6.07, 6.45) is 0. The van der Waals surface area contributed by atoms with Crippen molar-refractivity contribution in [1.82, 2.24) is 5.32 Å². The normalized spacial score (nSPS) is 20.9. The molecule has 2 aliphatic heterocycles. The minimum absolute atomic E-state index is 0.0676. The molecule has 0 fully saturated rings. The van der Waals surface area contributed by atoms with Crippen molar-refractivity contribution in [3.05, 3.63) is 75.6 Å². The highest BCUT2D eigenvalue weighted by Crippen LogP contribution is 2.46. The van der Waals surface area contributed by atoms with Crippen LogP contribution in [0.15, 0.2) is 57.7 Å². The molecular formula is C19H12N2O4. The van der Waals surface area contributed by atoms with Crippen molar-refractivity contribution >= 4 is 28.5 Å². The van der Waals surface area contributed by atoms with E-state index in [9.17, 15) is 14.4 Å². The van der Waals surface area contributed by atoms with Crippen LogP contribution in [-0.4, -0.2) is 18.9 Å². The van der Waals surface area contributed by atoms with Crippen LogP contribution in [0.4, 0.5) is 5.69 Å². The van der Waals surface area contributed by atoms with E-state index in [-0.39, 0.29) is 22.7 Å². The summed E-state index contributed by atoms with van der Waals surface area (Å²) in [5, 5.41) is 3.07. The van der Waals surface area contributed by atoms with Crippen LogP contribution in [-0.2, 0) is 10.3 Å². The zero-order chi connectivity index (χ0) is 17.3. The van der Waals surface area contributed by atoms with E-state index in [0.29, 0.717) is 22.2 Å². The third-order valence-corrected chi connectivity index (χ3v) is 4.97. The smallest absolute Gasteiger partial charge is 0.288 e. The number of fused-ring (bicyclic) bond motifs is 5. The molecule has 0 bridgehead atoms. The second-order valence-corrected chi connectivity index (χ2v) is 6.22. The fourth-order valence-corrected chi connectivity index (χ4v) is 3.85. The predicted octanol–water partition coefficient (Wildman–Crippen LogP) is 1.76. The Morgan fingerprint density at radius 1 is 1.00 bits per heavy atom. The molecule has 1 aromatic heterocycles. The molecule has 5 rings (SSSR count). The number of hydrogen-bond donors (Lipinski definition) is 1. The lowest BCUT2D eigenvalue weighted by Gasteiger charge is -2.22. The average molecular weight is 332 g/mol. The molecule has 0 radical (unpaired) electrons. The first-order valence-electron chi connectivity index (χ1n) is 7.82. The molecular weight excluding hydrogens is 320 g/mol. The second kappa shape index (κ2) is 4.36. The van der Waals surface area contributed by atoms with Gasteiger partial charge in [0.15, 0.2) is 11.0 Å². The summed E-state index contributed by atoms with van der Waals surface area (Å²) < 4.78 is 5.70. The van der Waals surface area contributed by atoms with Crippen molar-refractivity contribution in [2.45, 2.75) is 5.54 Å². The molecule has 6 heteroatoms. The summed E-state index contributed by atoms with van der Waals surface area (Å²) >= 11 is 0. The van der Waals surface area contributed by atoms with Gasteiger partial charge in [0, 0.05) is 18.3 Å². The van der Waals surface area contributed by atoms with E-state index in [4.69, 9.17) is 4.42 Å². The van der Waals surface area contributed by atoms with Crippen LogP contribution in [0, 0.1) is 0 Å². The third-order valence-electron chi connectivity index (χ3n) is 4.97. The SMILES string of the molecule is CN1C(=O)C2(NC(=O)c3oc4ccccc4c(=O)c32)c2ccccc21. The Bertz CT molecular complexity index is 1160. The third kappa shape index (κ3) is 1.47. The lowest BCUT2D eigenvalue weighted by atomic mass is 9.85. The van der Waals surface area contributed by atoms with Gasteiger partial charge in [-0.2, -0.15) is 0 Å².